The van der Waals surface area contributed by atoms with E-state index in [1.165, 1.54) is 11.1 Å². The molecule has 5 nitrogen and oxygen atoms in total. The van der Waals surface area contributed by atoms with Gasteiger partial charge < -0.3 is 10.6 Å². The predicted octanol–water partition coefficient (Wildman–Crippen LogP) is 3.99. The van der Waals surface area contributed by atoms with Gasteiger partial charge in [0.25, 0.3) is 5.91 Å². The molecule has 1 aliphatic rings. The molecule has 1 aliphatic heterocycles. The Morgan fingerprint density at radius 3 is 2.53 bits per heavy atom. The summed E-state index contributed by atoms with van der Waals surface area (Å²) < 4.78 is 1.93. The second-order valence-corrected chi connectivity index (χ2v) is 7.69. The Hall–Kier alpha value is -2.63. The van der Waals surface area contributed by atoms with Gasteiger partial charge in [0, 0.05) is 25.2 Å². The molecule has 6 heteroatoms. The van der Waals surface area contributed by atoms with E-state index in [4.69, 9.17) is 0 Å². The monoisotopic (exact) mass is 424 g/mol. The van der Waals surface area contributed by atoms with Crippen LogP contribution < -0.4 is 10.6 Å². The van der Waals surface area contributed by atoms with Crippen LogP contribution in [0.4, 0.5) is 0 Å². The smallest absolute Gasteiger partial charge is 0.271 e. The first-order valence-electron chi connectivity index (χ1n) is 10.4. The van der Waals surface area contributed by atoms with E-state index in [-0.39, 0.29) is 24.2 Å². The van der Waals surface area contributed by atoms with E-state index in [1.54, 1.807) is 0 Å². The molecule has 1 amide bonds. The highest BCUT2D eigenvalue weighted by Gasteiger charge is 2.19. The van der Waals surface area contributed by atoms with Crippen LogP contribution in [0.15, 0.2) is 72.9 Å². The van der Waals surface area contributed by atoms with Crippen LogP contribution in [-0.2, 0) is 6.42 Å². The predicted molar refractivity (Wildman–Crippen MR) is 122 cm³/mol. The highest BCUT2D eigenvalue weighted by atomic mass is 35.5. The number of carbonyl (C=O) groups excluding carboxylic acids is 1. The maximum absolute atomic E-state index is 12.7. The number of nitrogens with zero attached hydrogens (tertiary/aromatic N) is 2. The van der Waals surface area contributed by atoms with Crippen LogP contribution >= 0.6 is 12.4 Å². The lowest BCUT2D eigenvalue weighted by atomic mass is 9.92. The third-order valence-corrected chi connectivity index (χ3v) is 5.59. The Morgan fingerprint density at radius 1 is 1.10 bits per heavy atom. The van der Waals surface area contributed by atoms with Crippen molar-refractivity contribution in [1.29, 1.82) is 0 Å². The second-order valence-electron chi connectivity index (χ2n) is 7.69. The van der Waals surface area contributed by atoms with Crippen LogP contribution in [0.25, 0.3) is 0 Å². The number of nitrogens with one attached hydrogen (secondary N) is 2. The third kappa shape index (κ3) is 5.71. The molecule has 4 rings (SSSR count). The molecule has 0 saturated carbocycles. The molecule has 3 aromatic rings. The van der Waals surface area contributed by atoms with Gasteiger partial charge in [-0.2, -0.15) is 5.10 Å². The molecule has 2 heterocycles. The average molecular weight is 425 g/mol. The molecule has 0 aliphatic carbocycles. The van der Waals surface area contributed by atoms with Crippen molar-refractivity contribution in [3.63, 3.8) is 0 Å². The summed E-state index contributed by atoms with van der Waals surface area (Å²) in [5.74, 6) is 0.105. The molecule has 1 saturated heterocycles. The normalized spacial score (nSPS) is 17.0. The summed E-state index contributed by atoms with van der Waals surface area (Å²) in [6.45, 7) is 2.55. The first kappa shape index (κ1) is 22.1. The van der Waals surface area contributed by atoms with Gasteiger partial charge in [0.05, 0.1) is 6.04 Å². The van der Waals surface area contributed by atoms with Crippen molar-refractivity contribution >= 4 is 18.3 Å². The SMILES string of the molecule is Cl.O=C(NCC(Cc1ccccc1)c1ccccc1)c1ccn(C2CCCNC2)n1. The van der Waals surface area contributed by atoms with Crippen LogP contribution in [0.5, 0.6) is 0 Å². The minimum absolute atomic E-state index is 0. The first-order chi connectivity index (χ1) is 14.3. The van der Waals surface area contributed by atoms with E-state index in [1.807, 2.05) is 29.1 Å². The minimum atomic E-state index is -0.110. The van der Waals surface area contributed by atoms with Crippen molar-refractivity contribution in [2.75, 3.05) is 19.6 Å². The molecule has 30 heavy (non-hydrogen) atoms. The van der Waals surface area contributed by atoms with Gasteiger partial charge in [0.1, 0.15) is 5.69 Å². The van der Waals surface area contributed by atoms with E-state index in [9.17, 15) is 4.79 Å². The molecule has 0 bridgehead atoms. The van der Waals surface area contributed by atoms with E-state index in [0.29, 0.717) is 18.3 Å². The first-order valence-corrected chi connectivity index (χ1v) is 10.4. The highest BCUT2D eigenvalue weighted by Crippen LogP contribution is 2.21. The summed E-state index contributed by atoms with van der Waals surface area (Å²) in [5, 5.41) is 11.0. The fourth-order valence-corrected chi connectivity index (χ4v) is 3.96. The molecule has 0 radical (unpaired) electrons. The Morgan fingerprint density at radius 2 is 1.83 bits per heavy atom. The zero-order chi connectivity index (χ0) is 19.9. The number of piperidine rings is 1. The number of aromatic nitrogens is 2. The summed E-state index contributed by atoms with van der Waals surface area (Å²) in [5.41, 5.74) is 2.99. The van der Waals surface area contributed by atoms with Crippen molar-refractivity contribution < 1.29 is 4.79 Å². The molecule has 0 spiro atoms. The molecule has 2 atom stereocenters. The Balaban J connectivity index is 0.00000256. The third-order valence-electron chi connectivity index (χ3n) is 5.59. The Bertz CT molecular complexity index is 907. The van der Waals surface area contributed by atoms with Crippen molar-refractivity contribution in [3.8, 4) is 0 Å². The zero-order valence-electron chi connectivity index (χ0n) is 17.0. The van der Waals surface area contributed by atoms with E-state index >= 15 is 0 Å². The number of benzene rings is 2. The van der Waals surface area contributed by atoms with Gasteiger partial charge in [0.15, 0.2) is 0 Å². The molecular weight excluding hydrogens is 396 g/mol. The van der Waals surface area contributed by atoms with Gasteiger partial charge in [-0.1, -0.05) is 60.7 Å². The van der Waals surface area contributed by atoms with Gasteiger partial charge >= 0.3 is 0 Å². The zero-order valence-corrected chi connectivity index (χ0v) is 17.9. The molecule has 2 aromatic carbocycles. The fourth-order valence-electron chi connectivity index (χ4n) is 3.96. The number of hydrogen-bond donors (Lipinski definition) is 2. The number of rotatable bonds is 7. The molecule has 1 aromatic heterocycles. The number of hydrogen-bond acceptors (Lipinski definition) is 3. The standard InChI is InChI=1S/C24H28N4O.ClH/c29-24(23-13-15-28(27-23)22-12-7-14-25-18-22)26-17-21(20-10-5-2-6-11-20)16-19-8-3-1-4-9-19;/h1-6,8-11,13,15,21-22,25H,7,12,14,16-18H2,(H,26,29);1H. The summed E-state index contributed by atoms with van der Waals surface area (Å²) in [7, 11) is 0. The van der Waals surface area contributed by atoms with Crippen molar-refractivity contribution in [2.45, 2.75) is 31.2 Å². The van der Waals surface area contributed by atoms with Crippen molar-refractivity contribution in [2.24, 2.45) is 0 Å². The van der Waals surface area contributed by atoms with E-state index in [2.05, 4.69) is 64.3 Å². The lowest BCUT2D eigenvalue weighted by molar-refractivity contribution is 0.0944. The van der Waals surface area contributed by atoms with Crippen molar-refractivity contribution in [3.05, 3.63) is 89.7 Å². The topological polar surface area (TPSA) is 59.0 Å². The molecule has 1 fully saturated rings. The second kappa shape index (κ2) is 11.0. The van der Waals surface area contributed by atoms with Gasteiger partial charge in [-0.3, -0.25) is 9.48 Å². The number of halogens is 1. The fraction of sp³-hybridized carbons (Fsp3) is 0.333. The summed E-state index contributed by atoms with van der Waals surface area (Å²) in [4.78, 5) is 12.7. The summed E-state index contributed by atoms with van der Waals surface area (Å²) in [6, 6.07) is 23.0. The van der Waals surface area contributed by atoms with Crippen LogP contribution in [0.2, 0.25) is 0 Å². The van der Waals surface area contributed by atoms with Gasteiger partial charge in [-0.15, -0.1) is 12.4 Å². The van der Waals surface area contributed by atoms with Crippen molar-refractivity contribution in [1.82, 2.24) is 20.4 Å². The van der Waals surface area contributed by atoms with Gasteiger partial charge in [0.2, 0.25) is 0 Å². The van der Waals surface area contributed by atoms with Gasteiger partial charge in [-0.25, -0.2) is 0 Å². The van der Waals surface area contributed by atoms with E-state index in [0.717, 1.165) is 32.4 Å². The largest absolute Gasteiger partial charge is 0.350 e. The Kier molecular flexibility index (Phi) is 8.05. The van der Waals surface area contributed by atoms with Crippen LogP contribution in [-0.4, -0.2) is 35.3 Å². The molecule has 2 unspecified atom stereocenters. The summed E-state index contributed by atoms with van der Waals surface area (Å²) >= 11 is 0. The minimum Gasteiger partial charge on any atom is -0.350 e. The highest BCUT2D eigenvalue weighted by molar-refractivity contribution is 5.92. The lowest BCUT2D eigenvalue weighted by Crippen LogP contribution is -2.32. The number of carbonyl (C=O) groups is 1. The number of amides is 1. The lowest BCUT2D eigenvalue weighted by Gasteiger charge is -2.22. The van der Waals surface area contributed by atoms with Crippen LogP contribution in [0.1, 0.15) is 46.4 Å². The van der Waals surface area contributed by atoms with Crippen LogP contribution in [0, 0.1) is 0 Å². The molecule has 158 valence electrons. The molecular formula is C24H29ClN4O. The maximum atomic E-state index is 12.7. The Labute approximate surface area is 184 Å². The van der Waals surface area contributed by atoms with Crippen LogP contribution in [0.3, 0.4) is 0 Å². The summed E-state index contributed by atoms with van der Waals surface area (Å²) in [6.07, 6.45) is 5.05. The average Bonchev–Trinajstić information content (AvgIpc) is 3.29. The quantitative estimate of drug-likeness (QED) is 0.603. The van der Waals surface area contributed by atoms with Gasteiger partial charge in [-0.05, 0) is 43.0 Å². The molecule has 2 N–H and O–H groups in total. The van der Waals surface area contributed by atoms with E-state index < -0.39 is 0 Å². The maximum Gasteiger partial charge on any atom is 0.271 e.